The van der Waals surface area contributed by atoms with Crippen LogP contribution in [-0.4, -0.2) is 49.5 Å². The molecule has 1 heterocycles. The van der Waals surface area contributed by atoms with Gasteiger partial charge < -0.3 is 14.6 Å². The van der Waals surface area contributed by atoms with Crippen LogP contribution in [0.25, 0.3) is 0 Å². The molecule has 2 aromatic rings. The maximum absolute atomic E-state index is 10.2. The van der Waals surface area contributed by atoms with Crippen molar-refractivity contribution < 1.29 is 14.6 Å². The molecule has 0 radical (unpaired) electrons. The molecule has 1 unspecified atom stereocenters. The molecule has 0 fully saturated rings. The van der Waals surface area contributed by atoms with Gasteiger partial charge in [0.2, 0.25) is 0 Å². The summed E-state index contributed by atoms with van der Waals surface area (Å²) in [5.74, 6) is 1.74. The van der Waals surface area contributed by atoms with Crippen LogP contribution in [0.5, 0.6) is 11.5 Å². The fraction of sp³-hybridized carbons (Fsp3) is 0.364. The number of benzene rings is 2. The monoisotopic (exact) mass is 353 g/mol. The van der Waals surface area contributed by atoms with Crippen molar-refractivity contribution in [2.45, 2.75) is 18.9 Å². The Bertz CT molecular complexity index is 704. The van der Waals surface area contributed by atoms with Crippen LogP contribution in [-0.2, 0) is 12.8 Å². The van der Waals surface area contributed by atoms with E-state index in [0.29, 0.717) is 13.2 Å². The average Bonchev–Trinajstić information content (AvgIpc) is 3.18. The van der Waals surface area contributed by atoms with Crippen molar-refractivity contribution in [1.82, 2.24) is 4.90 Å². The minimum Gasteiger partial charge on any atom is -0.497 e. The second-order valence-electron chi connectivity index (χ2n) is 6.61. The lowest BCUT2D eigenvalue weighted by Crippen LogP contribution is -2.34. The molecule has 1 atom stereocenters. The molecule has 2 aromatic carbocycles. The lowest BCUT2D eigenvalue weighted by Gasteiger charge is -2.20. The Morgan fingerprint density at radius 1 is 1.00 bits per heavy atom. The van der Waals surface area contributed by atoms with Crippen molar-refractivity contribution in [1.29, 1.82) is 0 Å². The van der Waals surface area contributed by atoms with Crippen LogP contribution < -0.4 is 9.47 Å². The summed E-state index contributed by atoms with van der Waals surface area (Å²) in [5, 5.41) is 10.2. The number of aliphatic hydroxyl groups excluding tert-OH is 1. The van der Waals surface area contributed by atoms with Crippen molar-refractivity contribution in [3.05, 3.63) is 71.8 Å². The molecular formula is C22H27NO3. The Hall–Kier alpha value is -2.30. The first kappa shape index (κ1) is 18.5. The van der Waals surface area contributed by atoms with Crippen LogP contribution in [0.1, 0.15) is 11.1 Å². The molecule has 0 bridgehead atoms. The highest BCUT2D eigenvalue weighted by Crippen LogP contribution is 2.21. The third kappa shape index (κ3) is 5.35. The predicted molar refractivity (Wildman–Crippen MR) is 104 cm³/mol. The molecule has 4 heteroatoms. The highest BCUT2D eigenvalue weighted by molar-refractivity contribution is 5.35. The van der Waals surface area contributed by atoms with E-state index in [0.717, 1.165) is 37.4 Å². The summed E-state index contributed by atoms with van der Waals surface area (Å²) in [6, 6.07) is 16.2. The summed E-state index contributed by atoms with van der Waals surface area (Å²) >= 11 is 0. The van der Waals surface area contributed by atoms with Crippen LogP contribution >= 0.6 is 0 Å². The zero-order valence-corrected chi connectivity index (χ0v) is 15.3. The van der Waals surface area contributed by atoms with Crippen LogP contribution in [0.2, 0.25) is 0 Å². The number of methoxy groups -OCH3 is 1. The van der Waals surface area contributed by atoms with Crippen LogP contribution in [0.3, 0.4) is 0 Å². The molecule has 3 rings (SSSR count). The van der Waals surface area contributed by atoms with E-state index in [9.17, 15) is 5.11 Å². The van der Waals surface area contributed by atoms with Crippen LogP contribution in [0.4, 0.5) is 0 Å². The summed E-state index contributed by atoms with van der Waals surface area (Å²) in [5.41, 5.74) is 2.43. The molecule has 0 aromatic heterocycles. The Balaban J connectivity index is 1.51. The Morgan fingerprint density at radius 2 is 1.73 bits per heavy atom. The van der Waals surface area contributed by atoms with Crippen molar-refractivity contribution in [3.63, 3.8) is 0 Å². The van der Waals surface area contributed by atoms with Gasteiger partial charge in [0, 0.05) is 19.6 Å². The van der Waals surface area contributed by atoms with Crippen LogP contribution in [0.15, 0.2) is 60.7 Å². The SMILES string of the molecule is COc1ccc(CCc2ccccc2OCC(O)CN2CC=CC2)cc1. The van der Waals surface area contributed by atoms with Crippen molar-refractivity contribution in [3.8, 4) is 11.5 Å². The van der Waals surface area contributed by atoms with E-state index < -0.39 is 6.10 Å². The third-order valence-corrected chi connectivity index (χ3v) is 4.61. The number of nitrogens with zero attached hydrogens (tertiary/aromatic N) is 1. The maximum Gasteiger partial charge on any atom is 0.122 e. The Kier molecular flexibility index (Phi) is 6.69. The number of para-hydroxylation sites is 1. The molecule has 4 nitrogen and oxygen atoms in total. The standard InChI is InChI=1S/C22H27NO3/c1-25-21-12-9-18(10-13-21)8-11-19-6-2-3-7-22(19)26-17-20(24)16-23-14-4-5-15-23/h2-7,9-10,12-13,20,24H,8,11,14-17H2,1H3. The Labute approximate surface area is 155 Å². The van der Waals surface area contributed by atoms with Crippen molar-refractivity contribution in [2.24, 2.45) is 0 Å². The highest BCUT2D eigenvalue weighted by Gasteiger charge is 2.14. The topological polar surface area (TPSA) is 41.9 Å². The molecule has 0 saturated carbocycles. The van der Waals surface area contributed by atoms with Gasteiger partial charge in [0.25, 0.3) is 0 Å². The summed E-state index contributed by atoms with van der Waals surface area (Å²) in [7, 11) is 1.68. The van der Waals surface area contributed by atoms with Gasteiger partial charge in [0.05, 0.1) is 7.11 Å². The lowest BCUT2D eigenvalue weighted by molar-refractivity contribution is 0.0770. The molecule has 0 amide bonds. The van der Waals surface area contributed by atoms with Gasteiger partial charge >= 0.3 is 0 Å². The van der Waals surface area contributed by atoms with Gasteiger partial charge in [-0.25, -0.2) is 0 Å². The lowest BCUT2D eigenvalue weighted by atomic mass is 10.0. The first-order valence-corrected chi connectivity index (χ1v) is 9.13. The molecule has 0 spiro atoms. The van der Waals surface area contributed by atoms with E-state index in [1.165, 1.54) is 11.1 Å². The normalized spacial score (nSPS) is 15.2. The van der Waals surface area contributed by atoms with E-state index in [4.69, 9.17) is 9.47 Å². The average molecular weight is 353 g/mol. The summed E-state index contributed by atoms with van der Waals surface area (Å²) in [6.45, 7) is 2.78. The van der Waals surface area contributed by atoms with Gasteiger partial charge in [-0.3, -0.25) is 4.90 Å². The first-order valence-electron chi connectivity index (χ1n) is 9.13. The fourth-order valence-corrected chi connectivity index (χ4v) is 3.13. The van der Waals surface area contributed by atoms with Gasteiger partial charge in [0.15, 0.2) is 0 Å². The minimum absolute atomic E-state index is 0.316. The summed E-state index contributed by atoms with van der Waals surface area (Å²) in [4.78, 5) is 2.20. The predicted octanol–water partition coefficient (Wildman–Crippen LogP) is 3.09. The smallest absolute Gasteiger partial charge is 0.122 e. The molecule has 1 aliphatic heterocycles. The number of hydrogen-bond donors (Lipinski definition) is 1. The van der Waals surface area contributed by atoms with E-state index in [-0.39, 0.29) is 0 Å². The van der Waals surface area contributed by atoms with Crippen molar-refractivity contribution >= 4 is 0 Å². The van der Waals surface area contributed by atoms with E-state index >= 15 is 0 Å². The number of β-amino-alcohol motifs (C(OH)–C–C–N with tert-alkyl or cyclic N) is 1. The van der Waals surface area contributed by atoms with E-state index in [1.54, 1.807) is 7.11 Å². The molecule has 26 heavy (non-hydrogen) atoms. The minimum atomic E-state index is -0.482. The third-order valence-electron chi connectivity index (χ3n) is 4.61. The van der Waals surface area contributed by atoms with Gasteiger partial charge in [-0.15, -0.1) is 0 Å². The van der Waals surface area contributed by atoms with Gasteiger partial charge in [0.1, 0.15) is 24.2 Å². The molecule has 0 saturated heterocycles. The fourth-order valence-electron chi connectivity index (χ4n) is 3.13. The van der Waals surface area contributed by atoms with Gasteiger partial charge in [-0.1, -0.05) is 42.5 Å². The number of aliphatic hydroxyl groups is 1. The maximum atomic E-state index is 10.2. The number of ether oxygens (including phenoxy) is 2. The zero-order valence-electron chi connectivity index (χ0n) is 15.3. The van der Waals surface area contributed by atoms with E-state index in [1.807, 2.05) is 30.3 Å². The molecule has 138 valence electrons. The second kappa shape index (κ2) is 9.41. The highest BCUT2D eigenvalue weighted by atomic mass is 16.5. The summed E-state index contributed by atoms with van der Waals surface area (Å²) in [6.07, 6.45) is 5.61. The summed E-state index contributed by atoms with van der Waals surface area (Å²) < 4.78 is 11.1. The first-order chi connectivity index (χ1) is 12.7. The molecular weight excluding hydrogens is 326 g/mol. The Morgan fingerprint density at radius 3 is 2.46 bits per heavy atom. The zero-order chi connectivity index (χ0) is 18.2. The largest absolute Gasteiger partial charge is 0.497 e. The molecule has 1 N–H and O–H groups in total. The molecule has 1 aliphatic rings. The quantitative estimate of drug-likeness (QED) is 0.704. The van der Waals surface area contributed by atoms with Gasteiger partial charge in [-0.05, 0) is 42.2 Å². The molecule has 0 aliphatic carbocycles. The van der Waals surface area contributed by atoms with E-state index in [2.05, 4.69) is 35.3 Å². The van der Waals surface area contributed by atoms with Gasteiger partial charge in [-0.2, -0.15) is 0 Å². The number of aryl methyl sites for hydroxylation is 2. The van der Waals surface area contributed by atoms with Crippen LogP contribution in [0, 0.1) is 0 Å². The number of rotatable bonds is 9. The number of hydrogen-bond acceptors (Lipinski definition) is 4. The second-order valence-corrected chi connectivity index (χ2v) is 6.61. The van der Waals surface area contributed by atoms with Crippen molar-refractivity contribution in [2.75, 3.05) is 33.4 Å².